The topological polar surface area (TPSA) is 45.5 Å². The van der Waals surface area contributed by atoms with Gasteiger partial charge in [-0.15, -0.1) is 0 Å². The van der Waals surface area contributed by atoms with Crippen LogP contribution in [0.5, 0.6) is 0 Å². The van der Waals surface area contributed by atoms with Gasteiger partial charge in [0.05, 0.1) is 5.69 Å². The summed E-state index contributed by atoms with van der Waals surface area (Å²) < 4.78 is 2.11. The molecule has 2 aliphatic rings. The Morgan fingerprint density at radius 1 is 1.29 bits per heavy atom. The minimum absolute atomic E-state index is 0.694. The fraction of sp³-hybridized carbons (Fsp3) is 0.625. The third kappa shape index (κ3) is 2.34. The number of likely N-dealkylation sites (tertiary alicyclic amines) is 1. The van der Waals surface area contributed by atoms with E-state index in [9.17, 15) is 0 Å². The number of aromatic nitrogens is 3. The number of nitrogens with zero attached hydrogens (tertiary/aromatic N) is 4. The first-order valence-corrected chi connectivity index (χ1v) is 7.98. The van der Waals surface area contributed by atoms with Gasteiger partial charge < -0.3 is 5.32 Å². The maximum atomic E-state index is 4.73. The van der Waals surface area contributed by atoms with Gasteiger partial charge in [-0.2, -0.15) is 0 Å². The van der Waals surface area contributed by atoms with Crippen LogP contribution < -0.4 is 5.32 Å². The highest BCUT2D eigenvalue weighted by Gasteiger charge is 2.34. The van der Waals surface area contributed by atoms with E-state index in [0.29, 0.717) is 6.04 Å². The minimum atomic E-state index is 0.694. The number of nitrogens with one attached hydrogen (secondary N) is 1. The van der Waals surface area contributed by atoms with Gasteiger partial charge in [0.1, 0.15) is 0 Å². The predicted molar refractivity (Wildman–Crippen MR) is 82.3 cm³/mol. The van der Waals surface area contributed by atoms with Gasteiger partial charge in [-0.05, 0) is 51.8 Å². The second kappa shape index (κ2) is 5.07. The smallest absolute Gasteiger partial charge is 0.234 e. The van der Waals surface area contributed by atoms with E-state index in [0.717, 1.165) is 36.2 Å². The lowest BCUT2D eigenvalue weighted by Crippen LogP contribution is -2.44. The highest BCUT2D eigenvalue weighted by Crippen LogP contribution is 2.27. The van der Waals surface area contributed by atoms with Crippen LogP contribution in [0.25, 0.3) is 5.78 Å². The molecule has 2 saturated heterocycles. The van der Waals surface area contributed by atoms with E-state index in [-0.39, 0.29) is 0 Å². The van der Waals surface area contributed by atoms with Crippen molar-refractivity contribution >= 4 is 5.78 Å². The van der Waals surface area contributed by atoms with Crippen molar-refractivity contribution in [3.63, 3.8) is 0 Å². The van der Waals surface area contributed by atoms with Gasteiger partial charge in [0.15, 0.2) is 0 Å². The molecule has 2 aromatic rings. The van der Waals surface area contributed by atoms with Crippen molar-refractivity contribution in [2.45, 2.75) is 39.3 Å². The molecule has 2 unspecified atom stereocenters. The number of hydrogen-bond acceptors (Lipinski definition) is 4. The fourth-order valence-corrected chi connectivity index (χ4v) is 3.96. The molecule has 2 aromatic heterocycles. The van der Waals surface area contributed by atoms with Gasteiger partial charge in [0.25, 0.3) is 0 Å². The summed E-state index contributed by atoms with van der Waals surface area (Å²) in [5, 5.41) is 3.54. The molecule has 5 heteroatoms. The summed E-state index contributed by atoms with van der Waals surface area (Å²) in [6.07, 6.45) is 4.84. The molecule has 112 valence electrons. The predicted octanol–water partition coefficient (Wildman–Crippen LogP) is 1.53. The SMILES string of the molecule is Cc1cc(C)n2cc(CN3CCCC4CNCC43)nc2n1. The fourth-order valence-electron chi connectivity index (χ4n) is 3.96. The van der Waals surface area contributed by atoms with Crippen LogP contribution in [0.2, 0.25) is 0 Å². The molecule has 5 nitrogen and oxygen atoms in total. The van der Waals surface area contributed by atoms with Gasteiger partial charge in [0.2, 0.25) is 5.78 Å². The maximum absolute atomic E-state index is 4.73. The molecule has 0 spiro atoms. The molecule has 2 fully saturated rings. The van der Waals surface area contributed by atoms with Crippen LogP contribution in [0, 0.1) is 19.8 Å². The highest BCUT2D eigenvalue weighted by molar-refractivity contribution is 5.34. The van der Waals surface area contributed by atoms with Crippen molar-refractivity contribution in [2.24, 2.45) is 5.92 Å². The van der Waals surface area contributed by atoms with Crippen molar-refractivity contribution < 1.29 is 0 Å². The van der Waals surface area contributed by atoms with Gasteiger partial charge in [0, 0.05) is 36.7 Å². The average molecular weight is 285 g/mol. The zero-order valence-corrected chi connectivity index (χ0v) is 12.8. The van der Waals surface area contributed by atoms with Gasteiger partial charge in [-0.3, -0.25) is 9.30 Å². The first kappa shape index (κ1) is 13.2. The van der Waals surface area contributed by atoms with E-state index >= 15 is 0 Å². The number of hydrogen-bond donors (Lipinski definition) is 1. The molecule has 4 heterocycles. The molecule has 1 N–H and O–H groups in total. The second-order valence-corrected chi connectivity index (χ2v) is 6.54. The van der Waals surface area contributed by atoms with Crippen LogP contribution >= 0.6 is 0 Å². The van der Waals surface area contributed by atoms with Crippen LogP contribution in [-0.2, 0) is 6.54 Å². The van der Waals surface area contributed by atoms with Crippen molar-refractivity contribution in [1.82, 2.24) is 24.6 Å². The van der Waals surface area contributed by atoms with E-state index < -0.39 is 0 Å². The second-order valence-electron chi connectivity index (χ2n) is 6.54. The minimum Gasteiger partial charge on any atom is -0.315 e. The molecule has 0 saturated carbocycles. The van der Waals surface area contributed by atoms with Crippen molar-refractivity contribution in [3.8, 4) is 0 Å². The molecule has 0 aromatic carbocycles. The van der Waals surface area contributed by atoms with E-state index in [4.69, 9.17) is 4.98 Å². The maximum Gasteiger partial charge on any atom is 0.234 e. The number of imidazole rings is 1. The molecule has 0 amide bonds. The Bertz CT molecular complexity index is 662. The Kier molecular flexibility index (Phi) is 3.19. The van der Waals surface area contributed by atoms with Gasteiger partial charge in [-0.25, -0.2) is 9.97 Å². The molecular weight excluding hydrogens is 262 g/mol. The summed E-state index contributed by atoms with van der Waals surface area (Å²) in [5.41, 5.74) is 3.38. The molecule has 21 heavy (non-hydrogen) atoms. The van der Waals surface area contributed by atoms with Crippen LogP contribution in [0.4, 0.5) is 0 Å². The zero-order valence-electron chi connectivity index (χ0n) is 12.8. The molecule has 4 rings (SSSR count). The first-order valence-electron chi connectivity index (χ1n) is 7.98. The number of aryl methyl sites for hydroxylation is 2. The van der Waals surface area contributed by atoms with Crippen molar-refractivity contribution in [1.29, 1.82) is 0 Å². The van der Waals surface area contributed by atoms with E-state index in [2.05, 4.69) is 38.8 Å². The number of piperidine rings is 1. The summed E-state index contributed by atoms with van der Waals surface area (Å²) in [6, 6.07) is 2.80. The average Bonchev–Trinajstić information content (AvgIpc) is 3.05. The third-order valence-electron chi connectivity index (χ3n) is 4.97. The lowest BCUT2D eigenvalue weighted by Gasteiger charge is -2.36. The van der Waals surface area contributed by atoms with Crippen LogP contribution in [0.3, 0.4) is 0 Å². The molecule has 0 radical (unpaired) electrons. The normalized spacial score (nSPS) is 26.4. The van der Waals surface area contributed by atoms with E-state index in [1.54, 1.807) is 0 Å². The number of fused-ring (bicyclic) bond motifs is 2. The molecule has 0 aliphatic carbocycles. The highest BCUT2D eigenvalue weighted by atomic mass is 15.2. The largest absolute Gasteiger partial charge is 0.315 e. The quantitative estimate of drug-likeness (QED) is 0.909. The monoisotopic (exact) mass is 285 g/mol. The molecular formula is C16H23N5. The summed E-state index contributed by atoms with van der Waals surface area (Å²) >= 11 is 0. The van der Waals surface area contributed by atoms with Crippen molar-refractivity contribution in [3.05, 3.63) is 29.3 Å². The Hall–Kier alpha value is -1.46. The molecule has 2 aliphatic heterocycles. The van der Waals surface area contributed by atoms with Gasteiger partial charge >= 0.3 is 0 Å². The summed E-state index contributed by atoms with van der Waals surface area (Å²) in [6.45, 7) is 8.61. The lowest BCUT2D eigenvalue weighted by atomic mass is 9.92. The first-order chi connectivity index (χ1) is 10.2. The zero-order chi connectivity index (χ0) is 14.4. The Labute approximate surface area is 125 Å². The standard InChI is InChI=1S/C16H23N5/c1-11-6-12(2)21-10-14(19-16(21)18-11)9-20-5-3-4-13-7-17-8-15(13)20/h6,10,13,15,17H,3-5,7-9H2,1-2H3. The lowest BCUT2D eigenvalue weighted by molar-refractivity contribution is 0.116. The summed E-state index contributed by atoms with van der Waals surface area (Å²) in [5.74, 6) is 1.67. The van der Waals surface area contributed by atoms with E-state index in [1.807, 2.05) is 6.92 Å². The van der Waals surface area contributed by atoms with Crippen LogP contribution in [0.1, 0.15) is 29.9 Å². The Morgan fingerprint density at radius 3 is 3.10 bits per heavy atom. The van der Waals surface area contributed by atoms with Crippen molar-refractivity contribution in [2.75, 3.05) is 19.6 Å². The number of rotatable bonds is 2. The molecule has 0 bridgehead atoms. The van der Waals surface area contributed by atoms with Crippen LogP contribution in [-0.4, -0.2) is 44.9 Å². The summed E-state index contributed by atoms with van der Waals surface area (Å²) in [4.78, 5) is 11.9. The van der Waals surface area contributed by atoms with Crippen LogP contribution in [0.15, 0.2) is 12.3 Å². The third-order valence-corrected chi connectivity index (χ3v) is 4.97. The Balaban J connectivity index is 1.60. The van der Waals surface area contributed by atoms with Gasteiger partial charge in [-0.1, -0.05) is 0 Å². The summed E-state index contributed by atoms with van der Waals surface area (Å²) in [7, 11) is 0. The molecule has 2 atom stereocenters. The Morgan fingerprint density at radius 2 is 2.19 bits per heavy atom. The van der Waals surface area contributed by atoms with E-state index in [1.165, 1.54) is 31.6 Å².